The van der Waals surface area contributed by atoms with Crippen LogP contribution in [0, 0.1) is 163 Å². The van der Waals surface area contributed by atoms with Gasteiger partial charge in [0, 0.05) is 37.7 Å². The molecule has 0 amide bonds. The molecule has 0 radical (unpaired) electrons. The maximum atomic E-state index is 10.0. The fourth-order valence-electron chi connectivity index (χ4n) is 15.9. The molecule has 0 aliphatic rings. The van der Waals surface area contributed by atoms with Crippen LogP contribution in [-0.2, 0) is 0 Å². The molecule has 15 aromatic carbocycles. The van der Waals surface area contributed by atoms with E-state index in [4.69, 9.17) is 72.3 Å². The van der Waals surface area contributed by atoms with Crippen molar-refractivity contribution in [2.75, 3.05) is 0 Å². The first-order valence-electron chi connectivity index (χ1n) is 36.4. The van der Waals surface area contributed by atoms with Gasteiger partial charge in [-0.25, -0.2) is 34.9 Å². The minimum atomic E-state index is -0.248. The Morgan fingerprint density at radius 3 is 0.929 bits per heavy atom. The van der Waals surface area contributed by atoms with Crippen molar-refractivity contribution in [2.24, 2.45) is 0 Å². The second-order valence-electron chi connectivity index (χ2n) is 27.0. The lowest BCUT2D eigenvalue weighted by molar-refractivity contribution is 1.20. The first-order valence-corrected chi connectivity index (χ1v) is 36.4. The van der Waals surface area contributed by atoms with E-state index in [2.05, 4.69) is 103 Å². The van der Waals surface area contributed by atoms with E-state index in [1.54, 1.807) is 18.2 Å². The van der Waals surface area contributed by atoms with Crippen LogP contribution < -0.4 is 0 Å². The predicted octanol–water partition coefficient (Wildman–Crippen LogP) is 24.2. The molecule has 0 N–H and O–H groups in total. The second kappa shape index (κ2) is 30.7. The van der Waals surface area contributed by atoms with E-state index in [9.17, 15) is 42.1 Å². The third-order valence-corrected chi connectivity index (χ3v) is 21.0. The molecule has 0 bridgehead atoms. The van der Waals surface area contributed by atoms with Gasteiger partial charge in [0.25, 0.3) is 11.6 Å². The second-order valence-corrected chi connectivity index (χ2v) is 27.0. The molecular weight excluding hydrogens is 1570 g/mol. The number of rotatable bonds is 0. The van der Waals surface area contributed by atoms with Crippen molar-refractivity contribution in [3.8, 4) is 48.6 Å². The lowest BCUT2D eigenvalue weighted by Gasteiger charge is -2.16. The fourth-order valence-corrected chi connectivity index (χ4v) is 15.9. The molecule has 29 heteroatoms. The monoisotopic (exact) mass is 1600 g/mol. The van der Waals surface area contributed by atoms with Gasteiger partial charge in [0.15, 0.2) is 73.8 Å². The normalized spacial score (nSPS) is 10.4. The van der Waals surface area contributed by atoms with Crippen LogP contribution in [0.1, 0.15) is 45.4 Å². The van der Waals surface area contributed by atoms with Crippen LogP contribution in [0.2, 0.25) is 0 Å². The number of nitrogens with zero attached hydrogens (tertiary/aromatic N) is 29. The quantitative estimate of drug-likeness (QED) is 0.100. The standard InChI is InChI=1S/C26H6N8.C25H7N7.C24H8N6.C22H6N8/c1-30-22-16(10-27)21-20(23(31-2)26(22)32-3)15-9-8-13-6-4-5-7-14(13)19(15)24-25(21)34-18(12-29)17(11-28)33-24;1-28-17-10-16-21(24(30-3)23(17)29-2)15-9-8-13-6-4-5-7-14(13)20(15)25-22(16)31-18(11-26)19(12-27)32-25;1-26-18-10-16-15-9-8-13-6-4-5-7-14(13)21(15)23-22(17(16)11-19(18)27-2)30-24(28-3)20(12-25)29-23;1-25-21-22(26-2)30-19-17(29-21)13-8-7-11-5-3-4-6-12(11)16(13)18-20(19)28-15(10-24)14(9-23)27-18/h4-9H;4-10H;4-11H;3-8H. The van der Waals surface area contributed by atoms with Crippen LogP contribution >= 0.6 is 0 Å². The number of hydrogen-bond donors (Lipinski definition) is 0. The molecule has 0 aliphatic carbocycles. The van der Waals surface area contributed by atoms with Crippen molar-refractivity contribution in [1.29, 1.82) is 42.1 Å². The van der Waals surface area contributed by atoms with E-state index < -0.39 is 0 Å². The zero-order valence-electron chi connectivity index (χ0n) is 63.6. The Hall–Kier alpha value is -21.8. The van der Waals surface area contributed by atoms with E-state index >= 15 is 0 Å². The molecule has 20 rings (SSSR count). The van der Waals surface area contributed by atoms with Crippen LogP contribution in [0.3, 0.4) is 0 Å². The number of fused-ring (bicyclic) bond motifs is 32. The smallest absolute Gasteiger partial charge is 0.307 e. The predicted molar refractivity (Wildman–Crippen MR) is 470 cm³/mol. The molecule has 20 aromatic rings. The highest BCUT2D eigenvalue weighted by atomic mass is 15.0. The van der Waals surface area contributed by atoms with E-state index in [-0.39, 0.29) is 136 Å². The molecule has 5 heterocycles. The van der Waals surface area contributed by atoms with Gasteiger partial charge in [-0.3, -0.25) is 38.8 Å². The molecule has 29 nitrogen and oxygen atoms in total. The molecule has 0 aliphatic heterocycles. The molecule has 126 heavy (non-hydrogen) atoms. The average Bonchev–Trinajstić information content (AvgIpc) is 0.697. The number of aromatic nitrogens is 10. The molecule has 0 saturated heterocycles. The topological polar surface area (TPSA) is 367 Å². The van der Waals surface area contributed by atoms with E-state index in [0.29, 0.717) is 87.0 Å². The third-order valence-electron chi connectivity index (χ3n) is 21.0. The average molecular weight is 1600 g/mol. The SMILES string of the molecule is [C-]#[N+]c1c([N+]#[C-])c(C#N)c2c3nc(C#N)c(C#N)nc3c3c4ccccc4ccc3c2c1[N+]#[C-].[C-]#[N+]c1cc2c(cc1[N+]#[C-])c1nc([N+]#[C-])c(C#N)nc1c1c3ccccc3ccc21.[C-]#[N+]c1cc2c3nc(C#N)c(C#N)nc3c3c4ccccc4ccc3c2c([N+]#[C-])c1[N+]#[C-].[C-]#[N+]c1nc2c3ccc4ccccc4c3c3nc(C#N)c(C#N)nc3c2nc1[N+]#[C-]. The van der Waals surface area contributed by atoms with E-state index in [1.807, 2.05) is 188 Å². The molecule has 560 valence electrons. The van der Waals surface area contributed by atoms with Crippen molar-refractivity contribution in [3.63, 3.8) is 0 Å². The van der Waals surface area contributed by atoms with Gasteiger partial charge in [-0.1, -0.05) is 177 Å². The van der Waals surface area contributed by atoms with Crippen LogP contribution in [0.5, 0.6) is 0 Å². The summed E-state index contributed by atoms with van der Waals surface area (Å²) in [6.07, 6.45) is 0. The first kappa shape index (κ1) is 76.8. The molecule has 0 fully saturated rings. The number of hydrogen-bond acceptors (Lipinski definition) is 18. The van der Waals surface area contributed by atoms with Crippen LogP contribution in [0.4, 0.5) is 63.0 Å². The minimum absolute atomic E-state index is 0.0154. The van der Waals surface area contributed by atoms with Gasteiger partial charge in [-0.05, 0) is 86.9 Å². The Morgan fingerprint density at radius 2 is 0.500 bits per heavy atom. The van der Waals surface area contributed by atoms with Crippen molar-refractivity contribution in [3.05, 3.63) is 335 Å². The maximum Gasteiger partial charge on any atom is 0.307 e. The lowest BCUT2D eigenvalue weighted by atomic mass is 9.90. The number of benzene rings is 15. The summed E-state index contributed by atoms with van der Waals surface area (Å²) in [6, 6.07) is 65.9. The molecule has 0 saturated carbocycles. The van der Waals surface area contributed by atoms with Crippen molar-refractivity contribution in [1.82, 2.24) is 49.8 Å². The Kier molecular flexibility index (Phi) is 18.7. The lowest BCUT2D eigenvalue weighted by Crippen LogP contribution is -1.99. The Morgan fingerprint density at radius 1 is 0.190 bits per heavy atom. The van der Waals surface area contributed by atoms with Gasteiger partial charge < -0.3 is 14.5 Å². The van der Waals surface area contributed by atoms with E-state index in [0.717, 1.165) is 59.2 Å². The fraction of sp³-hybridized carbons (Fsp3) is 0. The van der Waals surface area contributed by atoms with Gasteiger partial charge in [-0.2, -0.15) is 42.1 Å². The van der Waals surface area contributed by atoms with Gasteiger partial charge in [0.1, 0.15) is 59.0 Å². The van der Waals surface area contributed by atoms with Gasteiger partial charge in [0.2, 0.25) is 28.1 Å². The summed E-state index contributed by atoms with van der Waals surface area (Å²) in [5.41, 5.74) is 2.41. The molecule has 0 unspecified atom stereocenters. The van der Waals surface area contributed by atoms with E-state index in [1.165, 1.54) is 6.07 Å². The first-order chi connectivity index (χ1) is 61.7. The van der Waals surface area contributed by atoms with Crippen molar-refractivity contribution < 1.29 is 0 Å². The van der Waals surface area contributed by atoms with Crippen LogP contribution in [0.15, 0.2) is 164 Å². The largest absolute Gasteiger partial charge is 0.370 e. The zero-order valence-corrected chi connectivity index (χ0v) is 63.6. The Labute approximate surface area is 707 Å². The molecule has 5 aromatic heterocycles. The summed E-state index contributed by atoms with van der Waals surface area (Å²) in [6.45, 7) is 82.9. The summed E-state index contributed by atoms with van der Waals surface area (Å²) in [4.78, 5) is 82.1. The highest BCUT2D eigenvalue weighted by molar-refractivity contribution is 6.37. The third kappa shape index (κ3) is 11.6. The van der Waals surface area contributed by atoms with Gasteiger partial charge >= 0.3 is 5.82 Å². The molecular formula is C97H27N29. The van der Waals surface area contributed by atoms with Crippen molar-refractivity contribution >= 4 is 237 Å². The molecule has 0 spiro atoms. The number of nitriles is 8. The molecule has 0 atom stereocenters. The van der Waals surface area contributed by atoms with Crippen molar-refractivity contribution in [2.45, 2.75) is 0 Å². The minimum Gasteiger partial charge on any atom is -0.370 e. The zero-order chi connectivity index (χ0) is 88.0. The summed E-state index contributed by atoms with van der Waals surface area (Å²) >= 11 is 0. The van der Waals surface area contributed by atoms with Crippen LogP contribution in [0.25, 0.3) is 227 Å². The highest BCUT2D eigenvalue weighted by Crippen LogP contribution is 2.54. The summed E-state index contributed by atoms with van der Waals surface area (Å²) in [5, 5.41) is 92.0. The Balaban J connectivity index is 0.000000119. The summed E-state index contributed by atoms with van der Waals surface area (Å²) in [7, 11) is 0. The summed E-state index contributed by atoms with van der Waals surface area (Å²) < 4.78 is 0. The summed E-state index contributed by atoms with van der Waals surface area (Å²) in [5.74, 6) is -0.332. The maximum absolute atomic E-state index is 10.0. The van der Waals surface area contributed by atoms with Gasteiger partial charge in [0.05, 0.1) is 86.3 Å². The highest BCUT2D eigenvalue weighted by Gasteiger charge is 2.31. The van der Waals surface area contributed by atoms with Crippen LogP contribution in [-0.4, -0.2) is 49.8 Å². The van der Waals surface area contributed by atoms with Gasteiger partial charge in [-0.15, -0.1) is 15.0 Å². The Bertz CT molecular complexity index is 9320.